The highest BCUT2D eigenvalue weighted by atomic mass is 32.2. The number of thioether (sulfide) groups is 1. The highest BCUT2D eigenvalue weighted by Crippen LogP contribution is 2.29. The van der Waals surface area contributed by atoms with Gasteiger partial charge in [0.25, 0.3) is 11.7 Å². The molecule has 0 spiro atoms. The van der Waals surface area contributed by atoms with Crippen molar-refractivity contribution in [2.75, 3.05) is 11.6 Å². The van der Waals surface area contributed by atoms with E-state index in [1.54, 1.807) is 24.3 Å². The fourth-order valence-corrected chi connectivity index (χ4v) is 3.91. The summed E-state index contributed by atoms with van der Waals surface area (Å²) in [6.07, 6.45) is 1.08. The molecule has 0 fully saturated rings. The van der Waals surface area contributed by atoms with Crippen molar-refractivity contribution < 1.29 is 26.4 Å². The molecule has 0 radical (unpaired) electrons. The number of para-hydroxylation sites is 1. The number of carbonyl (C=O) groups is 1. The van der Waals surface area contributed by atoms with Gasteiger partial charge in [0.2, 0.25) is 0 Å². The average Bonchev–Trinajstić information content (AvgIpc) is 2.93. The second-order valence-electron chi connectivity index (χ2n) is 5.83. The summed E-state index contributed by atoms with van der Waals surface area (Å²) in [6, 6.07) is 12.7. The molecular formula is C18H15F2NO4S2. The molecule has 27 heavy (non-hydrogen) atoms. The summed E-state index contributed by atoms with van der Waals surface area (Å²) in [5.74, 6) is -3.57. The lowest BCUT2D eigenvalue weighted by Gasteiger charge is -2.06. The van der Waals surface area contributed by atoms with Gasteiger partial charge in [-0.3, -0.25) is 4.79 Å². The molecule has 0 aliphatic heterocycles. The third-order valence-corrected chi connectivity index (χ3v) is 5.18. The molecule has 3 aromatic rings. The van der Waals surface area contributed by atoms with Crippen molar-refractivity contribution in [2.45, 2.75) is 16.4 Å². The zero-order valence-electron chi connectivity index (χ0n) is 14.1. The molecule has 1 aromatic heterocycles. The lowest BCUT2D eigenvalue weighted by atomic mass is 10.1. The van der Waals surface area contributed by atoms with E-state index in [2.05, 4.69) is 5.32 Å². The van der Waals surface area contributed by atoms with Crippen molar-refractivity contribution in [3.8, 4) is 0 Å². The Morgan fingerprint density at radius 3 is 2.44 bits per heavy atom. The van der Waals surface area contributed by atoms with Crippen molar-refractivity contribution in [3.63, 3.8) is 0 Å². The lowest BCUT2D eigenvalue weighted by Crippen LogP contribution is -2.14. The first-order chi connectivity index (χ1) is 12.7. The van der Waals surface area contributed by atoms with Gasteiger partial charge in [0, 0.05) is 27.8 Å². The zero-order chi connectivity index (χ0) is 19.6. The molecule has 0 bridgehead atoms. The van der Waals surface area contributed by atoms with Gasteiger partial charge < -0.3 is 9.73 Å². The molecule has 0 unspecified atom stereocenters. The Morgan fingerprint density at radius 1 is 1.15 bits per heavy atom. The number of rotatable bonds is 6. The van der Waals surface area contributed by atoms with Crippen molar-refractivity contribution in [2.24, 2.45) is 0 Å². The van der Waals surface area contributed by atoms with Gasteiger partial charge in [0.05, 0.1) is 5.75 Å². The first-order valence-electron chi connectivity index (χ1n) is 7.77. The minimum Gasteiger partial charge on any atom is -0.451 e. The summed E-state index contributed by atoms with van der Waals surface area (Å²) in [4.78, 5) is 13.0. The lowest BCUT2D eigenvalue weighted by molar-refractivity contribution is 0.0998. The molecule has 1 amide bonds. The van der Waals surface area contributed by atoms with Crippen LogP contribution in [0.15, 0.2) is 57.8 Å². The smallest absolute Gasteiger partial charge is 0.291 e. The minimum atomic E-state index is -3.40. The van der Waals surface area contributed by atoms with Crippen molar-refractivity contribution in [1.82, 2.24) is 0 Å². The number of nitrogens with one attached hydrogen (secondary N) is 1. The Labute approximate surface area is 158 Å². The summed E-state index contributed by atoms with van der Waals surface area (Å²) >= 11 is 0.403. The Bertz CT molecular complexity index is 1080. The van der Waals surface area contributed by atoms with Crippen LogP contribution in [-0.4, -0.2) is 26.3 Å². The largest absolute Gasteiger partial charge is 0.451 e. The maximum atomic E-state index is 12.6. The van der Waals surface area contributed by atoms with Crippen molar-refractivity contribution in [1.29, 1.82) is 0 Å². The summed E-state index contributed by atoms with van der Waals surface area (Å²) in [5, 5.41) is 3.15. The maximum Gasteiger partial charge on any atom is 0.291 e. The van der Waals surface area contributed by atoms with Gasteiger partial charge in [-0.2, -0.15) is 8.78 Å². The van der Waals surface area contributed by atoms with Crippen LogP contribution in [0.2, 0.25) is 0 Å². The number of carbonyl (C=O) groups excluding carboxylic acids is 1. The molecule has 0 aliphatic rings. The predicted octanol–water partition coefficient (Wildman–Crippen LogP) is 4.54. The molecule has 1 heterocycles. The van der Waals surface area contributed by atoms with E-state index < -0.39 is 21.5 Å². The fourth-order valence-electron chi connectivity index (χ4n) is 2.60. The first kappa shape index (κ1) is 19.4. The van der Waals surface area contributed by atoms with Gasteiger partial charge in [0.1, 0.15) is 5.58 Å². The van der Waals surface area contributed by atoms with Crippen LogP contribution in [0.4, 0.5) is 14.5 Å². The van der Waals surface area contributed by atoms with E-state index in [4.69, 9.17) is 4.42 Å². The Morgan fingerprint density at radius 2 is 1.81 bits per heavy atom. The molecule has 2 aromatic carbocycles. The zero-order valence-corrected chi connectivity index (χ0v) is 15.7. The molecule has 3 rings (SSSR count). The van der Waals surface area contributed by atoms with Crippen LogP contribution in [-0.2, 0) is 15.6 Å². The van der Waals surface area contributed by atoms with Crippen LogP contribution in [0, 0.1) is 0 Å². The van der Waals surface area contributed by atoms with Crippen LogP contribution in [0.5, 0.6) is 0 Å². The molecule has 9 heteroatoms. The van der Waals surface area contributed by atoms with E-state index >= 15 is 0 Å². The topological polar surface area (TPSA) is 76.4 Å². The second kappa shape index (κ2) is 7.69. The van der Waals surface area contributed by atoms with Crippen LogP contribution >= 0.6 is 11.8 Å². The van der Waals surface area contributed by atoms with E-state index in [1.165, 1.54) is 24.3 Å². The van der Waals surface area contributed by atoms with Crippen molar-refractivity contribution in [3.05, 3.63) is 59.9 Å². The van der Waals surface area contributed by atoms with E-state index in [9.17, 15) is 22.0 Å². The molecule has 1 N–H and O–H groups in total. The minimum absolute atomic E-state index is 0.0901. The molecule has 5 nitrogen and oxygen atoms in total. The van der Waals surface area contributed by atoms with Gasteiger partial charge in [-0.25, -0.2) is 8.42 Å². The Balaban J connectivity index is 1.90. The molecule has 0 atom stereocenters. The van der Waals surface area contributed by atoms with Crippen LogP contribution in [0.3, 0.4) is 0 Å². The van der Waals surface area contributed by atoms with Crippen LogP contribution in [0.1, 0.15) is 16.1 Å². The van der Waals surface area contributed by atoms with E-state index in [1.807, 2.05) is 0 Å². The average molecular weight is 411 g/mol. The number of hydrogen-bond acceptors (Lipinski definition) is 5. The number of fused-ring (bicyclic) bond motifs is 1. The standard InChI is InChI=1S/C18H15F2NO4S2/c1-27(23,24)10-14-13-4-2-3-5-15(13)25-16(14)17(22)21-11-6-8-12(9-7-11)26-18(19)20/h2-9,18H,10H2,1H3,(H,21,22). The van der Waals surface area contributed by atoms with Gasteiger partial charge in [-0.1, -0.05) is 30.0 Å². The van der Waals surface area contributed by atoms with E-state index in [0.29, 0.717) is 33.3 Å². The maximum absolute atomic E-state index is 12.6. The second-order valence-corrected chi connectivity index (χ2v) is 9.04. The third kappa shape index (κ3) is 4.86. The number of hydrogen-bond donors (Lipinski definition) is 1. The van der Waals surface area contributed by atoms with Gasteiger partial charge >= 0.3 is 0 Å². The fraction of sp³-hybridized carbons (Fsp3) is 0.167. The molecule has 0 saturated heterocycles. The van der Waals surface area contributed by atoms with Gasteiger partial charge in [-0.05, 0) is 30.3 Å². The summed E-state index contributed by atoms with van der Waals surface area (Å²) in [7, 11) is -3.40. The number of benzene rings is 2. The summed E-state index contributed by atoms with van der Waals surface area (Å²) < 4.78 is 53.8. The third-order valence-electron chi connectivity index (χ3n) is 3.65. The quantitative estimate of drug-likeness (QED) is 0.603. The van der Waals surface area contributed by atoms with Crippen LogP contribution in [0.25, 0.3) is 11.0 Å². The normalized spacial score (nSPS) is 11.9. The molecule has 0 aliphatic carbocycles. The van der Waals surface area contributed by atoms with Gasteiger partial charge in [-0.15, -0.1) is 0 Å². The first-order valence-corrected chi connectivity index (χ1v) is 10.7. The number of furan rings is 1. The SMILES string of the molecule is CS(=O)(=O)Cc1c(C(=O)Nc2ccc(SC(F)F)cc2)oc2ccccc12. The number of halogens is 2. The highest BCUT2D eigenvalue weighted by molar-refractivity contribution is 7.99. The predicted molar refractivity (Wildman–Crippen MR) is 101 cm³/mol. The molecule has 0 saturated carbocycles. The highest BCUT2D eigenvalue weighted by Gasteiger charge is 2.23. The number of amides is 1. The van der Waals surface area contributed by atoms with Crippen LogP contribution < -0.4 is 5.32 Å². The van der Waals surface area contributed by atoms with E-state index in [-0.39, 0.29) is 17.1 Å². The molecule has 142 valence electrons. The monoisotopic (exact) mass is 411 g/mol. The summed E-state index contributed by atoms with van der Waals surface area (Å²) in [6.45, 7) is 0. The number of alkyl halides is 2. The van der Waals surface area contributed by atoms with Crippen molar-refractivity contribution >= 4 is 44.2 Å². The summed E-state index contributed by atoms with van der Waals surface area (Å²) in [5.41, 5.74) is 1.07. The Kier molecular flexibility index (Phi) is 5.52. The number of sulfone groups is 1. The Hall–Kier alpha value is -2.39. The number of anilines is 1. The van der Waals surface area contributed by atoms with Gasteiger partial charge in [0.15, 0.2) is 15.6 Å². The molecular weight excluding hydrogens is 396 g/mol. The van der Waals surface area contributed by atoms with E-state index in [0.717, 1.165) is 6.26 Å².